The molecule has 1 fully saturated rings. The van der Waals surface area contributed by atoms with E-state index in [1.54, 1.807) is 35.1 Å². The predicted octanol–water partition coefficient (Wildman–Crippen LogP) is 2.23. The summed E-state index contributed by atoms with van der Waals surface area (Å²) in [5.41, 5.74) is 2.92. The predicted molar refractivity (Wildman–Crippen MR) is 125 cm³/mol. The van der Waals surface area contributed by atoms with Gasteiger partial charge in [0.2, 0.25) is 5.91 Å². The van der Waals surface area contributed by atoms with Crippen LogP contribution in [0.2, 0.25) is 5.02 Å². The number of aromatic hydroxyl groups is 1. The molecule has 1 atom stereocenters. The van der Waals surface area contributed by atoms with Gasteiger partial charge in [0.05, 0.1) is 31.9 Å². The molecule has 33 heavy (non-hydrogen) atoms. The van der Waals surface area contributed by atoms with Gasteiger partial charge in [-0.2, -0.15) is 5.10 Å². The summed E-state index contributed by atoms with van der Waals surface area (Å²) in [6.07, 6.45) is 1.72. The number of aliphatic hydroxyl groups excluding tert-OH is 1. The Hall–Kier alpha value is -3.35. The normalized spacial score (nSPS) is 15.5. The Bertz CT molecular complexity index is 1190. The highest BCUT2D eigenvalue weighted by Crippen LogP contribution is 2.32. The van der Waals surface area contributed by atoms with Crippen LogP contribution < -0.4 is 10.6 Å². The molecule has 0 radical (unpaired) electrons. The molecular formula is C24H23ClN4O4. The number of aliphatic hydroxyl groups is 1. The highest BCUT2D eigenvalue weighted by atomic mass is 35.5. The zero-order chi connectivity index (χ0) is 23.2. The molecule has 3 aromatic rings. The quantitative estimate of drug-likeness (QED) is 0.429. The standard InChI is InChI=1S/C24H23ClN4O4/c25-18-5-8-22(31)20(13-18)23-17(14-29(28-23)10-11-30)4-1-16-2-6-19(7-3-16)27-24(32)21-15-33-12-9-26-21/h2-3,5-8,13-14,21,26,30-31H,9-12,15H2,(H,27,32). The van der Waals surface area contributed by atoms with Gasteiger partial charge < -0.3 is 25.6 Å². The van der Waals surface area contributed by atoms with Crippen molar-refractivity contribution < 1.29 is 19.7 Å². The Morgan fingerprint density at radius 1 is 1.27 bits per heavy atom. The number of nitrogens with one attached hydrogen (secondary N) is 2. The summed E-state index contributed by atoms with van der Waals surface area (Å²) in [5.74, 6) is 6.06. The van der Waals surface area contributed by atoms with E-state index >= 15 is 0 Å². The Morgan fingerprint density at radius 3 is 2.82 bits per heavy atom. The minimum Gasteiger partial charge on any atom is -0.507 e. The summed E-state index contributed by atoms with van der Waals surface area (Å²) >= 11 is 6.10. The summed E-state index contributed by atoms with van der Waals surface area (Å²) in [7, 11) is 0. The molecule has 1 aliphatic heterocycles. The number of ether oxygens (including phenoxy) is 1. The lowest BCUT2D eigenvalue weighted by atomic mass is 10.1. The Morgan fingerprint density at radius 2 is 2.09 bits per heavy atom. The van der Waals surface area contributed by atoms with Gasteiger partial charge in [-0.3, -0.25) is 9.48 Å². The van der Waals surface area contributed by atoms with Crippen LogP contribution in [0.1, 0.15) is 11.1 Å². The summed E-state index contributed by atoms with van der Waals surface area (Å²) in [5, 5.41) is 30.4. The van der Waals surface area contributed by atoms with Crippen molar-refractivity contribution in [2.24, 2.45) is 0 Å². The molecule has 170 valence electrons. The van der Waals surface area contributed by atoms with Gasteiger partial charge in [0.1, 0.15) is 17.5 Å². The molecule has 2 aromatic carbocycles. The number of phenolic OH excluding ortho intramolecular Hbond substituents is 1. The molecule has 1 aliphatic rings. The fourth-order valence-electron chi connectivity index (χ4n) is 3.37. The van der Waals surface area contributed by atoms with Crippen molar-refractivity contribution in [3.8, 4) is 28.8 Å². The van der Waals surface area contributed by atoms with Crippen molar-refractivity contribution >= 4 is 23.2 Å². The largest absolute Gasteiger partial charge is 0.507 e. The van der Waals surface area contributed by atoms with Gasteiger partial charge in [-0.05, 0) is 42.5 Å². The molecule has 4 N–H and O–H groups in total. The van der Waals surface area contributed by atoms with Crippen LogP contribution in [-0.2, 0) is 16.1 Å². The molecule has 1 saturated heterocycles. The van der Waals surface area contributed by atoms with Crippen LogP contribution in [0, 0.1) is 11.8 Å². The highest BCUT2D eigenvalue weighted by Gasteiger charge is 2.21. The topological polar surface area (TPSA) is 109 Å². The van der Waals surface area contributed by atoms with E-state index in [1.807, 2.05) is 12.1 Å². The maximum atomic E-state index is 12.3. The van der Waals surface area contributed by atoms with Gasteiger partial charge in [-0.1, -0.05) is 23.4 Å². The second-order valence-electron chi connectivity index (χ2n) is 7.44. The maximum Gasteiger partial charge on any atom is 0.243 e. The summed E-state index contributed by atoms with van der Waals surface area (Å²) in [4.78, 5) is 12.3. The molecule has 0 saturated carbocycles. The summed E-state index contributed by atoms with van der Waals surface area (Å²) in [6.45, 7) is 1.82. The van der Waals surface area contributed by atoms with Crippen LogP contribution in [0.25, 0.3) is 11.3 Å². The van der Waals surface area contributed by atoms with Crippen LogP contribution >= 0.6 is 11.6 Å². The Labute approximate surface area is 196 Å². The number of amides is 1. The third kappa shape index (κ3) is 5.72. The second kappa shape index (κ2) is 10.5. The second-order valence-corrected chi connectivity index (χ2v) is 7.87. The fourth-order valence-corrected chi connectivity index (χ4v) is 3.54. The Balaban J connectivity index is 1.54. The van der Waals surface area contributed by atoms with Crippen molar-refractivity contribution in [3.05, 3.63) is 64.8 Å². The van der Waals surface area contributed by atoms with Gasteiger partial charge in [-0.25, -0.2) is 0 Å². The van der Waals surface area contributed by atoms with Crippen molar-refractivity contribution in [2.45, 2.75) is 12.6 Å². The third-order valence-electron chi connectivity index (χ3n) is 5.04. The van der Waals surface area contributed by atoms with E-state index < -0.39 is 0 Å². The molecule has 8 nitrogen and oxygen atoms in total. The smallest absolute Gasteiger partial charge is 0.243 e. The molecule has 9 heteroatoms. The number of nitrogens with zero attached hydrogens (tertiary/aromatic N) is 2. The van der Waals surface area contributed by atoms with Crippen LogP contribution in [0.4, 0.5) is 5.69 Å². The number of aromatic nitrogens is 2. The first-order valence-corrected chi connectivity index (χ1v) is 10.8. The zero-order valence-electron chi connectivity index (χ0n) is 17.7. The molecular weight excluding hydrogens is 444 g/mol. The van der Waals surface area contributed by atoms with E-state index in [-0.39, 0.29) is 24.3 Å². The maximum absolute atomic E-state index is 12.3. The number of benzene rings is 2. The first-order valence-electron chi connectivity index (χ1n) is 10.4. The molecule has 0 bridgehead atoms. The molecule has 2 heterocycles. The molecule has 1 aromatic heterocycles. The van der Waals surface area contributed by atoms with Crippen molar-refractivity contribution in [3.63, 3.8) is 0 Å². The van der Waals surface area contributed by atoms with Crippen molar-refractivity contribution in [1.82, 2.24) is 15.1 Å². The van der Waals surface area contributed by atoms with E-state index in [9.17, 15) is 15.0 Å². The lowest BCUT2D eigenvalue weighted by Crippen LogP contribution is -2.48. The highest BCUT2D eigenvalue weighted by molar-refractivity contribution is 6.31. The SMILES string of the molecule is O=C(Nc1ccc(C#Cc2cn(CCO)nc2-c2cc(Cl)ccc2O)cc1)C1COCCN1. The van der Waals surface area contributed by atoms with Crippen LogP contribution in [0.3, 0.4) is 0 Å². The molecule has 4 rings (SSSR count). The van der Waals surface area contributed by atoms with E-state index in [0.29, 0.717) is 53.8 Å². The first-order chi connectivity index (χ1) is 16.0. The molecule has 1 unspecified atom stereocenters. The minimum absolute atomic E-state index is 0.0367. The van der Waals surface area contributed by atoms with Crippen molar-refractivity contribution in [1.29, 1.82) is 0 Å². The lowest BCUT2D eigenvalue weighted by molar-refractivity contribution is -0.120. The number of halogens is 1. The van der Waals surface area contributed by atoms with E-state index in [2.05, 4.69) is 27.6 Å². The first kappa shape index (κ1) is 22.8. The fraction of sp³-hybridized carbons (Fsp3) is 0.250. The van der Waals surface area contributed by atoms with E-state index in [4.69, 9.17) is 16.3 Å². The summed E-state index contributed by atoms with van der Waals surface area (Å²) in [6, 6.07) is 11.5. The van der Waals surface area contributed by atoms with Crippen LogP contribution in [0.15, 0.2) is 48.7 Å². The van der Waals surface area contributed by atoms with Crippen molar-refractivity contribution in [2.75, 3.05) is 31.7 Å². The number of hydrogen-bond donors (Lipinski definition) is 4. The number of anilines is 1. The zero-order valence-corrected chi connectivity index (χ0v) is 18.5. The van der Waals surface area contributed by atoms with Crippen LogP contribution in [0.5, 0.6) is 5.75 Å². The van der Waals surface area contributed by atoms with E-state index in [0.717, 1.165) is 5.56 Å². The van der Waals surface area contributed by atoms with Gasteiger partial charge in [0, 0.05) is 34.6 Å². The minimum atomic E-state index is -0.366. The number of carbonyl (C=O) groups excluding carboxylic acids is 1. The summed E-state index contributed by atoms with van der Waals surface area (Å²) < 4.78 is 6.89. The van der Waals surface area contributed by atoms with Gasteiger partial charge in [0.25, 0.3) is 0 Å². The number of carbonyl (C=O) groups is 1. The monoisotopic (exact) mass is 466 g/mol. The number of rotatable bonds is 5. The molecule has 1 amide bonds. The average Bonchev–Trinajstić information content (AvgIpc) is 3.23. The number of hydrogen-bond acceptors (Lipinski definition) is 6. The van der Waals surface area contributed by atoms with Gasteiger partial charge in [-0.15, -0.1) is 0 Å². The lowest BCUT2D eigenvalue weighted by Gasteiger charge is -2.22. The van der Waals surface area contributed by atoms with E-state index in [1.165, 1.54) is 6.07 Å². The number of morpholine rings is 1. The number of phenols is 1. The average molecular weight is 467 g/mol. The van der Waals surface area contributed by atoms with Crippen LogP contribution in [-0.4, -0.2) is 58.3 Å². The molecule has 0 aliphatic carbocycles. The van der Waals surface area contributed by atoms with Gasteiger partial charge in [0.15, 0.2) is 0 Å². The third-order valence-corrected chi connectivity index (χ3v) is 5.27. The molecule has 0 spiro atoms. The van der Waals surface area contributed by atoms with Gasteiger partial charge >= 0.3 is 0 Å². The Kier molecular flexibility index (Phi) is 7.27.